The SMILES string of the molecule is COc1cc(Cl)ccc1C(=O)C(C#N)c1ccccc1. The Morgan fingerprint density at radius 3 is 2.55 bits per heavy atom. The van der Waals surface area contributed by atoms with Gasteiger partial charge in [0, 0.05) is 5.02 Å². The van der Waals surface area contributed by atoms with Gasteiger partial charge in [-0.25, -0.2) is 0 Å². The van der Waals surface area contributed by atoms with Crippen LogP contribution in [0.25, 0.3) is 0 Å². The minimum Gasteiger partial charge on any atom is -0.496 e. The quantitative estimate of drug-likeness (QED) is 0.802. The summed E-state index contributed by atoms with van der Waals surface area (Å²) in [5.74, 6) is -0.780. The van der Waals surface area contributed by atoms with Crippen LogP contribution in [0.5, 0.6) is 5.75 Å². The number of halogens is 1. The van der Waals surface area contributed by atoms with Gasteiger partial charge in [0.1, 0.15) is 11.7 Å². The highest BCUT2D eigenvalue weighted by Gasteiger charge is 2.24. The molecule has 3 nitrogen and oxygen atoms in total. The maximum Gasteiger partial charge on any atom is 0.188 e. The molecule has 1 atom stereocenters. The molecule has 0 saturated carbocycles. The Morgan fingerprint density at radius 2 is 1.95 bits per heavy atom. The molecule has 0 aliphatic carbocycles. The number of Topliss-reactive ketones (excluding diaryl/α,β-unsaturated/α-hetero) is 1. The number of carbonyl (C=O) groups excluding carboxylic acids is 1. The van der Waals surface area contributed by atoms with E-state index < -0.39 is 5.92 Å². The van der Waals surface area contributed by atoms with Crippen LogP contribution in [0, 0.1) is 11.3 Å². The largest absolute Gasteiger partial charge is 0.496 e. The van der Waals surface area contributed by atoms with Gasteiger partial charge in [0.05, 0.1) is 18.7 Å². The molecule has 0 aliphatic rings. The molecule has 0 saturated heterocycles. The smallest absolute Gasteiger partial charge is 0.188 e. The van der Waals surface area contributed by atoms with Crippen molar-refractivity contribution >= 4 is 17.4 Å². The molecule has 2 aromatic carbocycles. The Hall–Kier alpha value is -2.31. The molecule has 1 unspecified atom stereocenters. The summed E-state index contributed by atoms with van der Waals surface area (Å²) >= 11 is 5.87. The molecular weight excluding hydrogens is 274 g/mol. The van der Waals surface area contributed by atoms with E-state index in [1.807, 2.05) is 12.1 Å². The number of rotatable bonds is 4. The van der Waals surface area contributed by atoms with Gasteiger partial charge in [-0.1, -0.05) is 41.9 Å². The standard InChI is InChI=1S/C16H12ClNO2/c1-20-15-9-12(17)7-8-13(15)16(19)14(10-18)11-5-3-2-4-6-11/h2-9,14H,1H3. The molecule has 0 aliphatic heterocycles. The fourth-order valence-corrected chi connectivity index (χ4v) is 2.12. The van der Waals surface area contributed by atoms with Crippen molar-refractivity contribution in [2.45, 2.75) is 5.92 Å². The number of hydrogen-bond acceptors (Lipinski definition) is 3. The van der Waals surface area contributed by atoms with Crippen molar-refractivity contribution in [1.82, 2.24) is 0 Å². The highest BCUT2D eigenvalue weighted by Crippen LogP contribution is 2.28. The lowest BCUT2D eigenvalue weighted by molar-refractivity contribution is 0.0976. The normalized spacial score (nSPS) is 11.4. The lowest BCUT2D eigenvalue weighted by Gasteiger charge is -2.12. The summed E-state index contributed by atoms with van der Waals surface area (Å²) in [6.07, 6.45) is 0. The second-order valence-corrected chi connectivity index (χ2v) is 4.62. The summed E-state index contributed by atoms with van der Waals surface area (Å²) in [5, 5.41) is 9.77. The summed E-state index contributed by atoms with van der Waals surface area (Å²) in [4.78, 5) is 12.5. The third-order valence-electron chi connectivity index (χ3n) is 2.95. The minimum atomic E-state index is -0.855. The van der Waals surface area contributed by atoms with Crippen molar-refractivity contribution < 1.29 is 9.53 Å². The summed E-state index contributed by atoms with van der Waals surface area (Å²) < 4.78 is 5.16. The van der Waals surface area contributed by atoms with Crippen LogP contribution in [0.15, 0.2) is 48.5 Å². The van der Waals surface area contributed by atoms with Gasteiger partial charge in [-0.15, -0.1) is 0 Å². The number of ketones is 1. The van der Waals surface area contributed by atoms with Gasteiger partial charge in [-0.05, 0) is 23.8 Å². The zero-order chi connectivity index (χ0) is 14.5. The number of ether oxygens (including phenoxy) is 1. The van der Waals surface area contributed by atoms with E-state index in [4.69, 9.17) is 16.3 Å². The number of nitrogens with zero attached hydrogens (tertiary/aromatic N) is 1. The third-order valence-corrected chi connectivity index (χ3v) is 3.19. The van der Waals surface area contributed by atoms with E-state index in [0.29, 0.717) is 21.9 Å². The molecule has 0 heterocycles. The van der Waals surface area contributed by atoms with Gasteiger partial charge in [0.25, 0.3) is 0 Å². The molecule has 2 rings (SSSR count). The van der Waals surface area contributed by atoms with Crippen molar-refractivity contribution in [3.63, 3.8) is 0 Å². The molecular formula is C16H12ClNO2. The second kappa shape index (κ2) is 6.23. The van der Waals surface area contributed by atoms with Crippen LogP contribution >= 0.6 is 11.6 Å². The summed E-state index contributed by atoms with van der Waals surface area (Å²) in [6.45, 7) is 0. The molecule has 0 fully saturated rings. The lowest BCUT2D eigenvalue weighted by atomic mass is 9.91. The van der Waals surface area contributed by atoms with Crippen molar-refractivity contribution in [1.29, 1.82) is 5.26 Å². The van der Waals surface area contributed by atoms with Crippen molar-refractivity contribution in [2.24, 2.45) is 0 Å². The van der Waals surface area contributed by atoms with E-state index in [2.05, 4.69) is 0 Å². The fraction of sp³-hybridized carbons (Fsp3) is 0.125. The Morgan fingerprint density at radius 1 is 1.25 bits per heavy atom. The molecule has 2 aromatic rings. The lowest BCUT2D eigenvalue weighted by Crippen LogP contribution is -2.12. The molecule has 0 radical (unpaired) electrons. The zero-order valence-corrected chi connectivity index (χ0v) is 11.6. The molecule has 4 heteroatoms. The number of benzene rings is 2. The van der Waals surface area contributed by atoms with Gasteiger partial charge >= 0.3 is 0 Å². The Balaban J connectivity index is 2.42. The number of hydrogen-bond donors (Lipinski definition) is 0. The first-order valence-electron chi connectivity index (χ1n) is 5.99. The molecule has 0 aromatic heterocycles. The van der Waals surface area contributed by atoms with Crippen LogP contribution in [0.2, 0.25) is 5.02 Å². The van der Waals surface area contributed by atoms with Gasteiger partial charge < -0.3 is 4.74 Å². The first-order chi connectivity index (χ1) is 9.67. The van der Waals surface area contributed by atoms with Gasteiger partial charge in [0.2, 0.25) is 0 Å². The molecule has 0 amide bonds. The highest BCUT2D eigenvalue weighted by molar-refractivity contribution is 6.31. The molecule has 100 valence electrons. The molecule has 0 spiro atoms. The second-order valence-electron chi connectivity index (χ2n) is 4.18. The van der Waals surface area contributed by atoms with Crippen LogP contribution in [-0.4, -0.2) is 12.9 Å². The molecule has 20 heavy (non-hydrogen) atoms. The molecule has 0 N–H and O–H groups in total. The van der Waals surface area contributed by atoms with Crippen LogP contribution in [0.1, 0.15) is 21.8 Å². The number of methoxy groups -OCH3 is 1. The first kappa shape index (κ1) is 14.1. The number of nitriles is 1. The summed E-state index contributed by atoms with van der Waals surface area (Å²) in [7, 11) is 1.46. The Bertz CT molecular complexity index is 662. The summed E-state index contributed by atoms with van der Waals surface area (Å²) in [6, 6.07) is 15.7. The van der Waals surface area contributed by atoms with E-state index in [-0.39, 0.29) is 5.78 Å². The van der Waals surface area contributed by atoms with Crippen LogP contribution in [0.4, 0.5) is 0 Å². The van der Waals surface area contributed by atoms with Crippen LogP contribution in [0.3, 0.4) is 0 Å². The first-order valence-corrected chi connectivity index (χ1v) is 6.37. The predicted octanol–water partition coefficient (Wildman–Crippen LogP) is 3.84. The maximum atomic E-state index is 12.5. The topological polar surface area (TPSA) is 50.1 Å². The van der Waals surface area contributed by atoms with Crippen LogP contribution in [-0.2, 0) is 0 Å². The van der Waals surface area contributed by atoms with E-state index in [9.17, 15) is 10.1 Å². The van der Waals surface area contributed by atoms with E-state index >= 15 is 0 Å². The number of carbonyl (C=O) groups is 1. The maximum absolute atomic E-state index is 12.5. The van der Waals surface area contributed by atoms with Gasteiger partial charge in [-0.2, -0.15) is 5.26 Å². The molecule has 0 bridgehead atoms. The van der Waals surface area contributed by atoms with Crippen molar-refractivity contribution in [2.75, 3.05) is 7.11 Å². The average Bonchev–Trinajstić information content (AvgIpc) is 2.48. The zero-order valence-electron chi connectivity index (χ0n) is 10.8. The van der Waals surface area contributed by atoms with E-state index in [1.165, 1.54) is 7.11 Å². The highest BCUT2D eigenvalue weighted by atomic mass is 35.5. The Labute approximate surface area is 122 Å². The Kier molecular flexibility index (Phi) is 4.39. The minimum absolute atomic E-state index is 0.299. The van der Waals surface area contributed by atoms with E-state index in [0.717, 1.165) is 0 Å². The van der Waals surface area contributed by atoms with Crippen molar-refractivity contribution in [3.8, 4) is 11.8 Å². The van der Waals surface area contributed by atoms with E-state index in [1.54, 1.807) is 42.5 Å². The monoisotopic (exact) mass is 285 g/mol. The van der Waals surface area contributed by atoms with Crippen LogP contribution < -0.4 is 4.74 Å². The van der Waals surface area contributed by atoms with Crippen molar-refractivity contribution in [3.05, 3.63) is 64.7 Å². The predicted molar refractivity (Wildman–Crippen MR) is 77.1 cm³/mol. The van der Waals surface area contributed by atoms with Gasteiger partial charge in [0.15, 0.2) is 5.78 Å². The average molecular weight is 286 g/mol. The van der Waals surface area contributed by atoms with Gasteiger partial charge in [-0.3, -0.25) is 4.79 Å². The summed E-state index contributed by atoms with van der Waals surface area (Å²) in [5.41, 5.74) is 1.02. The fourth-order valence-electron chi connectivity index (χ4n) is 1.95. The third kappa shape index (κ3) is 2.81.